The van der Waals surface area contributed by atoms with Crippen molar-refractivity contribution in [2.75, 3.05) is 11.9 Å². The van der Waals surface area contributed by atoms with Crippen molar-refractivity contribution in [2.24, 2.45) is 0 Å². The number of para-hydroxylation sites is 1. The molecule has 0 spiro atoms. The molecule has 0 aliphatic heterocycles. The molecule has 1 atom stereocenters. The summed E-state index contributed by atoms with van der Waals surface area (Å²) >= 11 is 0. The molecule has 6 nitrogen and oxygen atoms in total. The summed E-state index contributed by atoms with van der Waals surface area (Å²) in [6.07, 6.45) is 0.739. The van der Waals surface area contributed by atoms with E-state index in [0.29, 0.717) is 16.8 Å². The van der Waals surface area contributed by atoms with Crippen molar-refractivity contribution in [3.05, 3.63) is 71.9 Å². The number of rotatable bonds is 4. The highest BCUT2D eigenvalue weighted by atomic mass is 16.3. The number of aliphatic hydroxyl groups excluding tert-OH is 1. The van der Waals surface area contributed by atoms with Gasteiger partial charge in [-0.2, -0.15) is 0 Å². The summed E-state index contributed by atoms with van der Waals surface area (Å²) in [4.78, 5) is 28.4. The third kappa shape index (κ3) is 3.87. The van der Waals surface area contributed by atoms with E-state index in [1.807, 2.05) is 37.3 Å². The van der Waals surface area contributed by atoms with E-state index in [-0.39, 0.29) is 6.54 Å². The molecule has 1 aromatic heterocycles. The Balaban J connectivity index is 1.63. The molecule has 2 aromatic carbocycles. The van der Waals surface area contributed by atoms with Gasteiger partial charge in [0.2, 0.25) is 0 Å². The molecule has 0 radical (unpaired) electrons. The van der Waals surface area contributed by atoms with E-state index in [4.69, 9.17) is 0 Å². The van der Waals surface area contributed by atoms with E-state index in [1.54, 1.807) is 30.5 Å². The predicted octanol–water partition coefficient (Wildman–Crippen LogP) is 2.33. The molecule has 2 amide bonds. The normalized spacial score (nSPS) is 11.8. The largest absolute Gasteiger partial charge is 0.387 e. The Bertz CT molecular complexity index is 950. The van der Waals surface area contributed by atoms with Gasteiger partial charge in [-0.3, -0.25) is 14.6 Å². The van der Waals surface area contributed by atoms with Gasteiger partial charge in [0.1, 0.15) is 0 Å². The van der Waals surface area contributed by atoms with Crippen LogP contribution in [-0.2, 0) is 9.59 Å². The fraction of sp³-hybridized carbons (Fsp3) is 0.150. The number of aliphatic hydroxyl groups is 1. The Hall–Kier alpha value is -3.25. The van der Waals surface area contributed by atoms with E-state index < -0.39 is 17.9 Å². The fourth-order valence-corrected chi connectivity index (χ4v) is 2.72. The minimum Gasteiger partial charge on any atom is -0.387 e. The molecule has 0 saturated carbocycles. The van der Waals surface area contributed by atoms with Gasteiger partial charge >= 0.3 is 11.8 Å². The monoisotopic (exact) mass is 349 g/mol. The van der Waals surface area contributed by atoms with E-state index >= 15 is 0 Å². The number of pyridine rings is 1. The van der Waals surface area contributed by atoms with Gasteiger partial charge in [-0.05, 0) is 30.2 Å². The van der Waals surface area contributed by atoms with Crippen LogP contribution >= 0.6 is 0 Å². The maximum absolute atomic E-state index is 12.1. The first-order valence-electron chi connectivity index (χ1n) is 8.23. The molecule has 6 heteroatoms. The number of fused-ring (bicyclic) bond motifs is 1. The molecular formula is C20H19N3O3. The van der Waals surface area contributed by atoms with E-state index in [0.717, 1.165) is 10.9 Å². The Labute approximate surface area is 150 Å². The fourth-order valence-electron chi connectivity index (χ4n) is 2.72. The summed E-state index contributed by atoms with van der Waals surface area (Å²) in [5.74, 6) is -1.62. The summed E-state index contributed by atoms with van der Waals surface area (Å²) in [5.41, 5.74) is 2.70. The molecule has 0 bridgehead atoms. The van der Waals surface area contributed by atoms with E-state index in [1.165, 1.54) is 0 Å². The van der Waals surface area contributed by atoms with E-state index in [2.05, 4.69) is 15.6 Å². The molecule has 3 N–H and O–H groups in total. The molecule has 3 aromatic rings. The zero-order chi connectivity index (χ0) is 18.5. The number of anilines is 1. The van der Waals surface area contributed by atoms with Gasteiger partial charge < -0.3 is 15.7 Å². The van der Waals surface area contributed by atoms with Crippen LogP contribution in [0, 0.1) is 6.92 Å². The summed E-state index contributed by atoms with van der Waals surface area (Å²) in [7, 11) is 0. The molecule has 0 fully saturated rings. The lowest BCUT2D eigenvalue weighted by molar-refractivity contribution is -0.136. The average Bonchev–Trinajstić information content (AvgIpc) is 2.66. The molecule has 0 aliphatic rings. The lowest BCUT2D eigenvalue weighted by Gasteiger charge is -2.14. The van der Waals surface area contributed by atoms with Crippen LogP contribution in [0.5, 0.6) is 0 Å². The number of benzene rings is 2. The standard InChI is InChI=1S/C20H19N3O3/c1-13-6-2-3-9-15(13)17(24)12-22-19(25)20(26)23-16-10-4-7-14-8-5-11-21-18(14)16/h2-11,17,24H,12H2,1H3,(H,22,25)(H,23,26)/t17-/m1/s1. The smallest absolute Gasteiger partial charge is 0.313 e. The molecule has 3 rings (SSSR count). The van der Waals surface area contributed by atoms with Crippen molar-refractivity contribution < 1.29 is 14.7 Å². The van der Waals surface area contributed by atoms with Crippen LogP contribution < -0.4 is 10.6 Å². The lowest BCUT2D eigenvalue weighted by atomic mass is 10.0. The van der Waals surface area contributed by atoms with Crippen LogP contribution in [-0.4, -0.2) is 28.4 Å². The lowest BCUT2D eigenvalue weighted by Crippen LogP contribution is -2.37. The summed E-state index contributed by atoms with van der Waals surface area (Å²) in [5, 5.41) is 16.1. The molecule has 0 saturated heterocycles. The minimum absolute atomic E-state index is 0.0507. The van der Waals surface area contributed by atoms with Crippen LogP contribution in [0.2, 0.25) is 0 Å². The Kier molecular flexibility index (Phi) is 5.24. The maximum atomic E-state index is 12.1. The van der Waals surface area contributed by atoms with Gasteiger partial charge in [-0.15, -0.1) is 0 Å². The molecule has 26 heavy (non-hydrogen) atoms. The predicted molar refractivity (Wildman–Crippen MR) is 99.5 cm³/mol. The van der Waals surface area contributed by atoms with Crippen molar-refractivity contribution in [1.29, 1.82) is 0 Å². The van der Waals surface area contributed by atoms with Gasteiger partial charge in [0.05, 0.1) is 17.3 Å². The number of aromatic nitrogens is 1. The van der Waals surface area contributed by atoms with Crippen molar-refractivity contribution in [1.82, 2.24) is 10.3 Å². The average molecular weight is 349 g/mol. The highest BCUT2D eigenvalue weighted by Gasteiger charge is 2.17. The number of nitrogens with one attached hydrogen (secondary N) is 2. The summed E-state index contributed by atoms with van der Waals surface area (Å²) in [6, 6.07) is 16.3. The highest BCUT2D eigenvalue weighted by molar-refractivity contribution is 6.40. The molecular weight excluding hydrogens is 330 g/mol. The topological polar surface area (TPSA) is 91.3 Å². The number of hydrogen-bond donors (Lipinski definition) is 3. The zero-order valence-electron chi connectivity index (χ0n) is 14.3. The second-order valence-electron chi connectivity index (χ2n) is 5.92. The molecule has 0 unspecified atom stereocenters. The number of hydrogen-bond acceptors (Lipinski definition) is 4. The SMILES string of the molecule is Cc1ccccc1[C@H](O)CNC(=O)C(=O)Nc1cccc2cccnc12. The third-order valence-corrected chi connectivity index (χ3v) is 4.09. The van der Waals surface area contributed by atoms with Gasteiger partial charge in [0.15, 0.2) is 0 Å². The zero-order valence-corrected chi connectivity index (χ0v) is 14.3. The first-order valence-corrected chi connectivity index (χ1v) is 8.23. The molecule has 132 valence electrons. The van der Waals surface area contributed by atoms with Gasteiger partial charge in [0.25, 0.3) is 0 Å². The molecule has 0 aliphatic carbocycles. The third-order valence-electron chi connectivity index (χ3n) is 4.09. The summed E-state index contributed by atoms with van der Waals surface area (Å²) in [6.45, 7) is 1.82. The van der Waals surface area contributed by atoms with Crippen LogP contribution in [0.3, 0.4) is 0 Å². The van der Waals surface area contributed by atoms with Crippen molar-refractivity contribution in [2.45, 2.75) is 13.0 Å². The quantitative estimate of drug-likeness (QED) is 0.631. The van der Waals surface area contributed by atoms with Crippen LogP contribution in [0.4, 0.5) is 5.69 Å². The Morgan fingerprint density at radius 3 is 2.62 bits per heavy atom. The van der Waals surface area contributed by atoms with Crippen LogP contribution in [0.1, 0.15) is 17.2 Å². The van der Waals surface area contributed by atoms with Crippen molar-refractivity contribution in [3.63, 3.8) is 0 Å². The second-order valence-corrected chi connectivity index (χ2v) is 5.92. The Morgan fingerprint density at radius 1 is 1.04 bits per heavy atom. The van der Waals surface area contributed by atoms with Crippen LogP contribution in [0.15, 0.2) is 60.8 Å². The molecule has 1 heterocycles. The van der Waals surface area contributed by atoms with E-state index in [9.17, 15) is 14.7 Å². The van der Waals surface area contributed by atoms with Crippen LogP contribution in [0.25, 0.3) is 10.9 Å². The van der Waals surface area contributed by atoms with Crippen molar-refractivity contribution >= 4 is 28.4 Å². The number of amides is 2. The highest BCUT2D eigenvalue weighted by Crippen LogP contribution is 2.20. The van der Waals surface area contributed by atoms with Crippen molar-refractivity contribution in [3.8, 4) is 0 Å². The van der Waals surface area contributed by atoms with Gasteiger partial charge in [-0.25, -0.2) is 0 Å². The number of aryl methyl sites for hydroxylation is 1. The number of carbonyl (C=O) groups excluding carboxylic acids is 2. The minimum atomic E-state index is -0.882. The first-order chi connectivity index (χ1) is 12.6. The number of carbonyl (C=O) groups is 2. The first kappa shape index (κ1) is 17.6. The van der Waals surface area contributed by atoms with Gasteiger partial charge in [-0.1, -0.05) is 42.5 Å². The Morgan fingerprint density at radius 2 is 1.81 bits per heavy atom. The second kappa shape index (κ2) is 7.76. The van der Waals surface area contributed by atoms with Gasteiger partial charge in [0, 0.05) is 18.1 Å². The number of nitrogens with zero attached hydrogens (tertiary/aromatic N) is 1. The maximum Gasteiger partial charge on any atom is 0.313 e. The summed E-state index contributed by atoms with van der Waals surface area (Å²) < 4.78 is 0.